The van der Waals surface area contributed by atoms with Crippen LogP contribution >= 0.6 is 0 Å². The predicted octanol–water partition coefficient (Wildman–Crippen LogP) is 3.12. The number of rotatable bonds is 6. The quantitative estimate of drug-likeness (QED) is 0.626. The Balaban J connectivity index is 1.99. The van der Waals surface area contributed by atoms with Gasteiger partial charge in [0.15, 0.2) is 0 Å². The number of halogens is 3. The van der Waals surface area contributed by atoms with Gasteiger partial charge in [0.05, 0.1) is 5.69 Å². The van der Waals surface area contributed by atoms with E-state index < -0.39 is 38.6 Å². The van der Waals surface area contributed by atoms with Gasteiger partial charge in [0.2, 0.25) is 10.0 Å². The van der Waals surface area contributed by atoms with Crippen LogP contribution in [-0.4, -0.2) is 25.7 Å². The average molecular weight is 397 g/mol. The van der Waals surface area contributed by atoms with Gasteiger partial charge in [-0.25, -0.2) is 21.6 Å². The minimum atomic E-state index is -4.53. The zero-order chi connectivity index (χ0) is 19.6. The fourth-order valence-electron chi connectivity index (χ4n) is 2.49. The van der Waals surface area contributed by atoms with Gasteiger partial charge < -0.3 is 4.74 Å². The van der Waals surface area contributed by atoms with Crippen molar-refractivity contribution in [2.75, 3.05) is 7.11 Å². The summed E-state index contributed by atoms with van der Waals surface area (Å²) >= 11 is 0. The van der Waals surface area contributed by atoms with E-state index in [9.17, 15) is 21.6 Å². The van der Waals surface area contributed by atoms with Crippen LogP contribution in [0.2, 0.25) is 0 Å². The molecule has 10 heteroatoms. The highest BCUT2D eigenvalue weighted by Gasteiger charge is 2.27. The molecule has 0 aliphatic carbocycles. The van der Waals surface area contributed by atoms with Gasteiger partial charge in [-0.2, -0.15) is 9.82 Å². The van der Waals surface area contributed by atoms with Crippen LogP contribution in [-0.2, 0) is 14.8 Å². The predicted molar refractivity (Wildman–Crippen MR) is 90.4 cm³/mol. The van der Waals surface area contributed by atoms with Crippen molar-refractivity contribution in [3.63, 3.8) is 0 Å². The Labute approximate surface area is 153 Å². The Bertz CT molecular complexity index is 1060. The largest absolute Gasteiger partial charge is 0.361 e. The van der Waals surface area contributed by atoms with Crippen LogP contribution in [0.4, 0.5) is 13.2 Å². The minimum Gasteiger partial charge on any atom is -0.361 e. The van der Waals surface area contributed by atoms with E-state index in [4.69, 9.17) is 4.74 Å². The molecule has 2 aromatic carbocycles. The fraction of sp³-hybridized carbons (Fsp3) is 0.118. The molecule has 0 saturated heterocycles. The Morgan fingerprint density at radius 2 is 1.93 bits per heavy atom. The van der Waals surface area contributed by atoms with Crippen molar-refractivity contribution in [2.24, 2.45) is 0 Å². The van der Waals surface area contributed by atoms with Crippen LogP contribution in [0.15, 0.2) is 53.6 Å². The molecule has 0 aliphatic heterocycles. The first kappa shape index (κ1) is 19.1. The number of aromatic nitrogens is 2. The molecular weight excluding hydrogens is 383 g/mol. The first-order chi connectivity index (χ1) is 12.8. The van der Waals surface area contributed by atoms with Crippen LogP contribution in [0.5, 0.6) is 0 Å². The van der Waals surface area contributed by atoms with E-state index in [0.717, 1.165) is 13.2 Å². The second-order valence-electron chi connectivity index (χ2n) is 5.49. The Kier molecular flexibility index (Phi) is 5.31. The number of nitrogens with one attached hydrogen (secondary N) is 2. The smallest absolute Gasteiger partial charge is 0.246 e. The summed E-state index contributed by atoms with van der Waals surface area (Å²) in [6.07, 6.45) is -0.0365. The number of methoxy groups -OCH3 is 1. The fourth-order valence-corrected chi connectivity index (χ4v) is 3.72. The molecule has 0 fully saturated rings. The molecule has 1 heterocycles. The summed E-state index contributed by atoms with van der Waals surface area (Å²) < 4.78 is 74.0. The molecule has 3 rings (SSSR count). The second kappa shape index (κ2) is 7.51. The van der Waals surface area contributed by atoms with Crippen LogP contribution in [0.3, 0.4) is 0 Å². The molecule has 27 heavy (non-hydrogen) atoms. The van der Waals surface area contributed by atoms with E-state index in [2.05, 4.69) is 10.2 Å². The third kappa shape index (κ3) is 3.87. The van der Waals surface area contributed by atoms with Crippen molar-refractivity contribution < 1.29 is 26.3 Å². The van der Waals surface area contributed by atoms with E-state index >= 15 is 0 Å². The van der Waals surface area contributed by atoms with Crippen LogP contribution < -0.4 is 4.72 Å². The highest BCUT2D eigenvalue weighted by Crippen LogP contribution is 2.28. The van der Waals surface area contributed by atoms with E-state index in [1.54, 1.807) is 0 Å². The normalized spacial score (nSPS) is 12.9. The number of ether oxygens (including phenoxy) is 1. The van der Waals surface area contributed by atoms with E-state index in [1.807, 2.05) is 4.72 Å². The average Bonchev–Trinajstić information content (AvgIpc) is 3.16. The first-order valence-corrected chi connectivity index (χ1v) is 9.10. The molecule has 142 valence electrons. The van der Waals surface area contributed by atoms with Gasteiger partial charge in [-0.1, -0.05) is 12.1 Å². The van der Waals surface area contributed by atoms with E-state index in [1.165, 1.54) is 30.5 Å². The van der Waals surface area contributed by atoms with Gasteiger partial charge in [-0.15, -0.1) is 0 Å². The molecular formula is C17H14F3N3O3S. The maximum absolute atomic E-state index is 14.9. The van der Waals surface area contributed by atoms with Gasteiger partial charge in [-0.3, -0.25) is 5.10 Å². The third-order valence-corrected chi connectivity index (χ3v) is 5.20. The summed E-state index contributed by atoms with van der Waals surface area (Å²) in [5.41, 5.74) is 0.386. The van der Waals surface area contributed by atoms with E-state index in [0.29, 0.717) is 17.8 Å². The molecule has 0 amide bonds. The first-order valence-electron chi connectivity index (χ1n) is 7.62. The molecule has 0 bridgehead atoms. The number of sulfonamides is 1. The van der Waals surface area contributed by atoms with Crippen molar-refractivity contribution in [1.82, 2.24) is 14.9 Å². The zero-order valence-corrected chi connectivity index (χ0v) is 14.7. The summed E-state index contributed by atoms with van der Waals surface area (Å²) in [5.74, 6) is -2.83. The maximum atomic E-state index is 14.9. The number of H-pyrrole nitrogens is 1. The summed E-state index contributed by atoms with van der Waals surface area (Å²) in [5, 5.41) is 6.35. The molecule has 0 aliphatic rings. The van der Waals surface area contributed by atoms with E-state index in [-0.39, 0.29) is 11.1 Å². The van der Waals surface area contributed by atoms with Crippen molar-refractivity contribution in [3.05, 3.63) is 71.7 Å². The third-order valence-electron chi connectivity index (χ3n) is 3.78. The lowest BCUT2D eigenvalue weighted by atomic mass is 10.1. The second-order valence-corrected chi connectivity index (χ2v) is 7.17. The molecule has 0 saturated carbocycles. The Morgan fingerprint density at radius 1 is 1.15 bits per heavy atom. The van der Waals surface area contributed by atoms with Crippen LogP contribution in [0.25, 0.3) is 11.3 Å². The van der Waals surface area contributed by atoms with Crippen molar-refractivity contribution in [2.45, 2.75) is 11.1 Å². The number of hydrogen-bond donors (Lipinski definition) is 2. The molecule has 3 aromatic rings. The summed E-state index contributed by atoms with van der Waals surface area (Å²) in [7, 11) is -3.38. The molecule has 0 spiro atoms. The highest BCUT2D eigenvalue weighted by atomic mass is 32.2. The SMILES string of the molecule is COC(NS(=O)(=O)c1cc(F)ccc1F)c1cccc(-c2ccn[nH]2)c1F. The van der Waals surface area contributed by atoms with Crippen LogP contribution in [0, 0.1) is 17.5 Å². The lowest BCUT2D eigenvalue weighted by molar-refractivity contribution is 0.0910. The maximum Gasteiger partial charge on any atom is 0.246 e. The summed E-state index contributed by atoms with van der Waals surface area (Å²) in [6.45, 7) is 0. The van der Waals surface area contributed by atoms with Gasteiger partial charge in [0.1, 0.15) is 28.6 Å². The number of aromatic amines is 1. The molecule has 1 unspecified atom stereocenters. The van der Waals surface area contributed by atoms with Crippen molar-refractivity contribution in [1.29, 1.82) is 0 Å². The van der Waals surface area contributed by atoms with Crippen molar-refractivity contribution in [3.8, 4) is 11.3 Å². The minimum absolute atomic E-state index is 0.134. The summed E-state index contributed by atoms with van der Waals surface area (Å²) in [6, 6.07) is 7.82. The Hall–Kier alpha value is -2.69. The monoisotopic (exact) mass is 397 g/mol. The molecule has 2 N–H and O–H groups in total. The zero-order valence-electron chi connectivity index (χ0n) is 13.9. The van der Waals surface area contributed by atoms with Crippen molar-refractivity contribution >= 4 is 10.0 Å². The molecule has 0 radical (unpaired) electrons. The van der Waals surface area contributed by atoms with Gasteiger partial charge in [-0.05, 0) is 30.3 Å². The van der Waals surface area contributed by atoms with Gasteiger partial charge in [0, 0.05) is 24.4 Å². The molecule has 6 nitrogen and oxygen atoms in total. The van der Waals surface area contributed by atoms with Gasteiger partial charge >= 0.3 is 0 Å². The van der Waals surface area contributed by atoms with Gasteiger partial charge in [0.25, 0.3) is 0 Å². The number of nitrogens with zero attached hydrogens (tertiary/aromatic N) is 1. The highest BCUT2D eigenvalue weighted by molar-refractivity contribution is 7.89. The lowest BCUT2D eigenvalue weighted by Crippen LogP contribution is -2.31. The Morgan fingerprint density at radius 3 is 2.59 bits per heavy atom. The topological polar surface area (TPSA) is 84.1 Å². The number of benzene rings is 2. The molecule has 1 atom stereocenters. The standard InChI is InChI=1S/C17H14F3N3O3S/c1-26-17(23-27(24,25)15-9-10(18)5-6-13(15)19)12-4-2-3-11(16(12)20)14-7-8-21-22-14/h2-9,17,23H,1H3,(H,21,22). The summed E-state index contributed by atoms with van der Waals surface area (Å²) in [4.78, 5) is -0.908. The lowest BCUT2D eigenvalue weighted by Gasteiger charge is -2.19. The number of hydrogen-bond acceptors (Lipinski definition) is 4. The van der Waals surface area contributed by atoms with Crippen LogP contribution in [0.1, 0.15) is 11.8 Å². The molecule has 1 aromatic heterocycles.